The molecule has 2 atom stereocenters. The van der Waals surface area contributed by atoms with E-state index in [9.17, 15) is 0 Å². The zero-order chi connectivity index (χ0) is 17.1. The van der Waals surface area contributed by atoms with E-state index in [-0.39, 0.29) is 11.0 Å². The van der Waals surface area contributed by atoms with Crippen molar-refractivity contribution in [3.05, 3.63) is 58.7 Å². The smallest absolute Gasteiger partial charge is 0.0697 e. The Balaban J connectivity index is 1.90. The summed E-state index contributed by atoms with van der Waals surface area (Å²) in [5, 5.41) is 3.92. The highest BCUT2D eigenvalue weighted by molar-refractivity contribution is 5.76. The Kier molecular flexibility index (Phi) is 3.25. The minimum atomic E-state index is -0.0153. The summed E-state index contributed by atoms with van der Waals surface area (Å²) in [5.41, 5.74) is 8.62. The van der Waals surface area contributed by atoms with Gasteiger partial charge in [-0.2, -0.15) is 0 Å². The maximum atomic E-state index is 3.92. The molecule has 0 bridgehead atoms. The van der Waals surface area contributed by atoms with E-state index in [0.717, 1.165) is 19.5 Å². The van der Waals surface area contributed by atoms with Gasteiger partial charge in [-0.15, -0.1) is 0 Å². The molecule has 24 heavy (non-hydrogen) atoms. The minimum absolute atomic E-state index is 0.0153. The van der Waals surface area contributed by atoms with Crippen LogP contribution in [-0.2, 0) is 17.4 Å². The van der Waals surface area contributed by atoms with Crippen LogP contribution in [0.1, 0.15) is 49.9 Å². The zero-order valence-electron chi connectivity index (χ0n) is 15.5. The fraction of sp³-hybridized carbons (Fsp3) is 0.455. The molecular formula is C22H28N2. The Morgan fingerprint density at radius 3 is 2.46 bits per heavy atom. The lowest BCUT2D eigenvalue weighted by Crippen LogP contribution is -2.42. The van der Waals surface area contributed by atoms with Gasteiger partial charge in [-0.3, -0.25) is 0 Å². The number of benzene rings is 2. The van der Waals surface area contributed by atoms with Crippen LogP contribution in [0.2, 0.25) is 0 Å². The van der Waals surface area contributed by atoms with E-state index >= 15 is 0 Å². The van der Waals surface area contributed by atoms with Gasteiger partial charge in [-0.05, 0) is 68.5 Å². The summed E-state index contributed by atoms with van der Waals surface area (Å²) >= 11 is 0. The molecule has 1 N–H and O–H groups in total. The Bertz CT molecular complexity index is 806. The average Bonchev–Trinajstić information content (AvgIpc) is 2.92. The molecule has 2 aromatic carbocycles. The number of hydrogen-bond donors (Lipinski definition) is 1. The highest BCUT2D eigenvalue weighted by Crippen LogP contribution is 2.60. The van der Waals surface area contributed by atoms with Gasteiger partial charge < -0.3 is 10.2 Å². The van der Waals surface area contributed by atoms with Gasteiger partial charge in [-0.25, -0.2) is 0 Å². The van der Waals surface area contributed by atoms with Gasteiger partial charge in [0.05, 0.1) is 5.54 Å². The third kappa shape index (κ3) is 1.77. The minimum Gasteiger partial charge on any atom is -0.374 e. The fourth-order valence-corrected chi connectivity index (χ4v) is 4.98. The summed E-state index contributed by atoms with van der Waals surface area (Å²) in [5.74, 6) is 0. The predicted octanol–water partition coefficient (Wildman–Crippen LogP) is 5.00. The van der Waals surface area contributed by atoms with E-state index in [1.165, 1.54) is 33.6 Å². The molecule has 0 fully saturated rings. The van der Waals surface area contributed by atoms with Gasteiger partial charge in [-0.1, -0.05) is 31.2 Å². The lowest BCUT2D eigenvalue weighted by atomic mass is 9.70. The zero-order valence-corrected chi connectivity index (χ0v) is 15.5. The Morgan fingerprint density at radius 2 is 1.75 bits per heavy atom. The summed E-state index contributed by atoms with van der Waals surface area (Å²) in [6.07, 6.45) is 1.11. The maximum Gasteiger partial charge on any atom is 0.0697 e. The fourth-order valence-electron chi connectivity index (χ4n) is 4.98. The molecule has 4 rings (SSSR count). The van der Waals surface area contributed by atoms with Crippen molar-refractivity contribution in [2.24, 2.45) is 0 Å². The highest BCUT2D eigenvalue weighted by atomic mass is 15.1. The Labute approximate surface area is 145 Å². The Morgan fingerprint density at radius 1 is 1.04 bits per heavy atom. The molecule has 1 aliphatic carbocycles. The van der Waals surface area contributed by atoms with Crippen LogP contribution in [0.3, 0.4) is 0 Å². The SMILES string of the molecule is CCN(CC)c1cc(C)c2c(c1)[C@]1(C)Cc3ccccc3[C@]1(C)N2. The van der Waals surface area contributed by atoms with Crippen LogP contribution in [0.4, 0.5) is 11.4 Å². The van der Waals surface area contributed by atoms with Gasteiger partial charge >= 0.3 is 0 Å². The van der Waals surface area contributed by atoms with E-state index in [1.54, 1.807) is 0 Å². The monoisotopic (exact) mass is 320 g/mol. The molecule has 2 nitrogen and oxygen atoms in total. The second kappa shape index (κ2) is 5.02. The van der Waals surface area contributed by atoms with Gasteiger partial charge in [0, 0.05) is 29.9 Å². The summed E-state index contributed by atoms with van der Waals surface area (Å²) in [6, 6.07) is 13.7. The molecule has 0 amide bonds. The molecule has 2 aromatic rings. The molecule has 1 aliphatic heterocycles. The van der Waals surface area contributed by atoms with Crippen molar-refractivity contribution in [2.75, 3.05) is 23.3 Å². The number of hydrogen-bond acceptors (Lipinski definition) is 2. The molecule has 1 heterocycles. The van der Waals surface area contributed by atoms with Gasteiger partial charge in [0.2, 0.25) is 0 Å². The van der Waals surface area contributed by atoms with Gasteiger partial charge in [0.25, 0.3) is 0 Å². The van der Waals surface area contributed by atoms with Crippen molar-refractivity contribution in [1.82, 2.24) is 0 Å². The van der Waals surface area contributed by atoms with Gasteiger partial charge in [0.15, 0.2) is 0 Å². The standard InChI is InChI=1S/C22H28N2/c1-6-24(7-2)17-12-15(3)20-19(13-17)21(4)14-16-10-8-9-11-18(16)22(21,5)23-20/h8-13,23H,6-7,14H2,1-5H3/t21-,22-/m0/s1. The first-order chi connectivity index (χ1) is 11.4. The second-order valence-electron chi connectivity index (χ2n) is 7.77. The molecule has 0 unspecified atom stereocenters. The van der Waals surface area contributed by atoms with Gasteiger partial charge in [0.1, 0.15) is 0 Å². The maximum absolute atomic E-state index is 3.92. The van der Waals surface area contributed by atoms with Crippen molar-refractivity contribution in [1.29, 1.82) is 0 Å². The molecule has 0 saturated carbocycles. The highest BCUT2D eigenvalue weighted by Gasteiger charge is 2.58. The number of fused-ring (bicyclic) bond motifs is 5. The summed E-state index contributed by atoms with van der Waals surface area (Å²) in [4.78, 5) is 2.45. The molecule has 0 radical (unpaired) electrons. The number of rotatable bonds is 3. The normalized spacial score (nSPS) is 26.5. The van der Waals surface area contributed by atoms with Crippen molar-refractivity contribution in [3.8, 4) is 0 Å². The Hall–Kier alpha value is -1.96. The second-order valence-corrected chi connectivity index (χ2v) is 7.77. The number of aryl methyl sites for hydroxylation is 1. The van der Waals surface area contributed by atoms with Crippen LogP contribution in [0.5, 0.6) is 0 Å². The summed E-state index contributed by atoms with van der Waals surface area (Å²) < 4.78 is 0. The van der Waals surface area contributed by atoms with Crippen LogP contribution in [-0.4, -0.2) is 13.1 Å². The molecule has 0 aromatic heterocycles. The number of anilines is 2. The van der Waals surface area contributed by atoms with E-state index in [0.29, 0.717) is 0 Å². The first-order valence-electron chi connectivity index (χ1n) is 9.21. The summed E-state index contributed by atoms with van der Waals surface area (Å²) in [6.45, 7) is 13.7. The molecule has 2 heteroatoms. The van der Waals surface area contributed by atoms with Crippen molar-refractivity contribution >= 4 is 11.4 Å². The van der Waals surface area contributed by atoms with Crippen LogP contribution < -0.4 is 10.2 Å². The largest absolute Gasteiger partial charge is 0.374 e. The first-order valence-corrected chi connectivity index (χ1v) is 9.21. The summed E-state index contributed by atoms with van der Waals surface area (Å²) in [7, 11) is 0. The van der Waals surface area contributed by atoms with Crippen LogP contribution in [0.25, 0.3) is 0 Å². The molecule has 0 saturated heterocycles. The van der Waals surface area contributed by atoms with Crippen molar-refractivity contribution in [2.45, 2.75) is 52.0 Å². The molecule has 2 aliphatic rings. The third-order valence-corrected chi connectivity index (χ3v) is 6.62. The lowest BCUT2D eigenvalue weighted by Gasteiger charge is -2.36. The lowest BCUT2D eigenvalue weighted by molar-refractivity contribution is 0.341. The molecule has 0 spiro atoms. The van der Waals surface area contributed by atoms with Crippen LogP contribution in [0, 0.1) is 6.92 Å². The van der Waals surface area contributed by atoms with Crippen LogP contribution in [0.15, 0.2) is 36.4 Å². The first kappa shape index (κ1) is 15.6. The van der Waals surface area contributed by atoms with E-state index in [1.807, 2.05) is 0 Å². The van der Waals surface area contributed by atoms with Crippen molar-refractivity contribution < 1.29 is 0 Å². The topological polar surface area (TPSA) is 15.3 Å². The number of nitrogens with one attached hydrogen (secondary N) is 1. The predicted molar refractivity (Wildman–Crippen MR) is 103 cm³/mol. The number of nitrogens with zero attached hydrogens (tertiary/aromatic N) is 1. The molecule has 126 valence electrons. The quantitative estimate of drug-likeness (QED) is 0.856. The average molecular weight is 320 g/mol. The van der Waals surface area contributed by atoms with Crippen LogP contribution >= 0.6 is 0 Å². The van der Waals surface area contributed by atoms with E-state index in [2.05, 4.69) is 81.2 Å². The van der Waals surface area contributed by atoms with Crippen molar-refractivity contribution in [3.63, 3.8) is 0 Å². The third-order valence-electron chi connectivity index (χ3n) is 6.62. The molecular weight excluding hydrogens is 292 g/mol. The van der Waals surface area contributed by atoms with E-state index in [4.69, 9.17) is 0 Å². The van der Waals surface area contributed by atoms with E-state index < -0.39 is 0 Å².